The molecule has 0 bridgehead atoms. The summed E-state index contributed by atoms with van der Waals surface area (Å²) in [7, 11) is -4.67. The van der Waals surface area contributed by atoms with Gasteiger partial charge in [0.1, 0.15) is 0 Å². The molecule has 0 saturated carbocycles. The van der Waals surface area contributed by atoms with Crippen LogP contribution < -0.4 is 0 Å². The summed E-state index contributed by atoms with van der Waals surface area (Å²) in [5.74, 6) is 0. The fourth-order valence-electron chi connectivity index (χ4n) is 0. The van der Waals surface area contributed by atoms with Crippen LogP contribution in [0.2, 0.25) is 0 Å². The topological polar surface area (TPSA) is 138 Å². The van der Waals surface area contributed by atoms with Gasteiger partial charge >= 0.3 is 77.7 Å². The molecule has 0 radical (unpaired) electrons. The van der Waals surface area contributed by atoms with E-state index < -0.39 is 10.4 Å². The Morgan fingerprint density at radius 2 is 1.00 bits per heavy atom. The molecule has 0 amide bonds. The van der Waals surface area contributed by atoms with Crippen LogP contribution in [0.3, 0.4) is 0 Å². The fourth-order valence-corrected chi connectivity index (χ4v) is 0. The van der Waals surface area contributed by atoms with Gasteiger partial charge in [-0.3, -0.25) is 9.11 Å². The third kappa shape index (κ3) is 155. The van der Waals surface area contributed by atoms with E-state index in [9.17, 15) is 0 Å². The van der Waals surface area contributed by atoms with E-state index in [0.717, 1.165) is 0 Å². The van der Waals surface area contributed by atoms with Gasteiger partial charge in [0.25, 0.3) is 0 Å². The normalized spacial score (nSPS) is 6.44. The Bertz CT molecular complexity index is 96.2. The zero-order chi connectivity index (χ0) is 4.50. The molecular formula is H9CaNaO6S. The van der Waals surface area contributed by atoms with Crippen LogP contribution in [-0.4, -0.2) is 95.8 Å². The summed E-state index contributed by atoms with van der Waals surface area (Å²) in [5.41, 5.74) is 0. The van der Waals surface area contributed by atoms with Gasteiger partial charge in [-0.1, -0.05) is 0 Å². The molecule has 54 valence electrons. The molecule has 0 atom stereocenters. The summed E-state index contributed by atoms with van der Waals surface area (Å²) in [6.07, 6.45) is 0. The summed E-state index contributed by atoms with van der Waals surface area (Å²) in [6.45, 7) is 0. The van der Waals surface area contributed by atoms with E-state index in [2.05, 4.69) is 0 Å². The molecule has 6 nitrogen and oxygen atoms in total. The maximum atomic E-state index is 8.74. The van der Waals surface area contributed by atoms with Gasteiger partial charge in [-0.15, -0.1) is 0 Å². The molecule has 0 aromatic carbocycles. The summed E-state index contributed by atoms with van der Waals surface area (Å²) >= 11 is 0. The first kappa shape index (κ1) is 30.5. The molecule has 0 aromatic rings. The van der Waals surface area contributed by atoms with E-state index in [1.165, 1.54) is 0 Å². The second kappa shape index (κ2) is 12.7. The third-order valence-electron chi connectivity index (χ3n) is 0. The van der Waals surface area contributed by atoms with Crippen LogP contribution in [0.15, 0.2) is 0 Å². The molecule has 6 N–H and O–H groups in total. The van der Waals surface area contributed by atoms with Crippen LogP contribution in [0.4, 0.5) is 0 Å². The van der Waals surface area contributed by atoms with Crippen LogP contribution in [0, 0.1) is 0 Å². The van der Waals surface area contributed by atoms with Crippen molar-refractivity contribution in [3.05, 3.63) is 0 Å². The van der Waals surface area contributed by atoms with Gasteiger partial charge in [0.15, 0.2) is 0 Å². The van der Waals surface area contributed by atoms with Crippen molar-refractivity contribution in [1.82, 2.24) is 0 Å². The monoisotopic (exact) mass is 200 g/mol. The Kier molecular flexibility index (Phi) is 43.0. The van der Waals surface area contributed by atoms with Crippen molar-refractivity contribution in [3.8, 4) is 0 Å². The van der Waals surface area contributed by atoms with E-state index >= 15 is 0 Å². The molecule has 0 saturated heterocycles. The minimum absolute atomic E-state index is 0. The van der Waals surface area contributed by atoms with Crippen molar-refractivity contribution in [2.24, 2.45) is 0 Å². The fraction of sp³-hybridized carbons (Fsp3) is 0. The number of hydrogen-bond acceptors (Lipinski definition) is 2. The van der Waals surface area contributed by atoms with E-state index in [0.29, 0.717) is 0 Å². The SMILES string of the molecule is O.O.O=S(=O)(O)O.[CaH2].[NaH]. The van der Waals surface area contributed by atoms with E-state index in [4.69, 9.17) is 17.5 Å². The van der Waals surface area contributed by atoms with Crippen LogP contribution in [0.1, 0.15) is 0 Å². The zero-order valence-corrected chi connectivity index (χ0v) is 3.94. The average Bonchev–Trinajstić information content (AvgIpc) is 0.722. The number of hydrogen-bond donors (Lipinski definition) is 2. The summed E-state index contributed by atoms with van der Waals surface area (Å²) in [5, 5.41) is 0. The van der Waals surface area contributed by atoms with Gasteiger partial charge in [0.05, 0.1) is 0 Å². The molecule has 0 spiro atoms. The molecule has 0 aliphatic heterocycles. The second-order valence-electron chi connectivity index (χ2n) is 0.448. The maximum absolute atomic E-state index is 8.74. The predicted molar refractivity (Wildman–Crippen MR) is 37.1 cm³/mol. The van der Waals surface area contributed by atoms with Gasteiger partial charge in [0.2, 0.25) is 0 Å². The van der Waals surface area contributed by atoms with Gasteiger partial charge in [-0.25, -0.2) is 0 Å². The summed E-state index contributed by atoms with van der Waals surface area (Å²) < 4.78 is 31.6. The average molecular weight is 200 g/mol. The van der Waals surface area contributed by atoms with Crippen molar-refractivity contribution >= 4 is 77.7 Å². The zero-order valence-electron chi connectivity index (χ0n) is 3.12. The van der Waals surface area contributed by atoms with Gasteiger partial charge in [0, 0.05) is 0 Å². The van der Waals surface area contributed by atoms with Gasteiger partial charge < -0.3 is 11.0 Å². The first-order chi connectivity index (χ1) is 2.00. The van der Waals surface area contributed by atoms with Gasteiger partial charge in [-0.05, 0) is 0 Å². The first-order valence-electron chi connectivity index (χ1n) is 0.698. The predicted octanol–water partition coefficient (Wildman–Crippen LogP) is -3.87. The van der Waals surface area contributed by atoms with Crippen molar-refractivity contribution in [3.63, 3.8) is 0 Å². The summed E-state index contributed by atoms with van der Waals surface area (Å²) in [6, 6.07) is 0. The molecular weight excluding hydrogens is 191 g/mol. The van der Waals surface area contributed by atoms with Crippen LogP contribution in [-0.2, 0) is 10.4 Å². The molecule has 0 fully saturated rings. The standard InChI is InChI=1S/Ca.Na.H2O4S.2H2O.3H/c;;1-5(2,3)4;;;;;/h;;(H2,1,2,3,4);2*1H2;;;. The van der Waals surface area contributed by atoms with E-state index in [1.54, 1.807) is 0 Å². The van der Waals surface area contributed by atoms with Crippen LogP contribution in [0.5, 0.6) is 0 Å². The molecule has 9 heteroatoms. The molecule has 0 aliphatic carbocycles. The van der Waals surface area contributed by atoms with Crippen LogP contribution in [0.25, 0.3) is 0 Å². The molecule has 0 heterocycles. The Labute approximate surface area is 104 Å². The Morgan fingerprint density at radius 1 is 1.00 bits per heavy atom. The number of rotatable bonds is 0. The van der Waals surface area contributed by atoms with Gasteiger partial charge in [-0.2, -0.15) is 8.42 Å². The van der Waals surface area contributed by atoms with Crippen molar-refractivity contribution in [1.29, 1.82) is 0 Å². The Balaban J connectivity index is -0.0000000133. The van der Waals surface area contributed by atoms with E-state index in [-0.39, 0.29) is 78.2 Å². The Hall–Kier alpha value is 2.05. The molecule has 0 rings (SSSR count). The molecule has 9 heavy (non-hydrogen) atoms. The minimum atomic E-state index is -4.67. The summed E-state index contributed by atoms with van der Waals surface area (Å²) in [4.78, 5) is 0. The van der Waals surface area contributed by atoms with Crippen molar-refractivity contribution < 1.29 is 28.5 Å². The molecule has 0 unspecified atom stereocenters. The molecule has 0 aliphatic rings. The van der Waals surface area contributed by atoms with Crippen molar-refractivity contribution in [2.75, 3.05) is 0 Å². The quantitative estimate of drug-likeness (QED) is 0.305. The van der Waals surface area contributed by atoms with Crippen LogP contribution >= 0.6 is 0 Å². The van der Waals surface area contributed by atoms with E-state index in [1.807, 2.05) is 0 Å². The first-order valence-corrected chi connectivity index (χ1v) is 2.10. The second-order valence-corrected chi connectivity index (χ2v) is 1.34. The molecule has 0 aromatic heterocycles. The van der Waals surface area contributed by atoms with Crippen molar-refractivity contribution in [2.45, 2.75) is 0 Å². The Morgan fingerprint density at radius 3 is 1.00 bits per heavy atom. The third-order valence-corrected chi connectivity index (χ3v) is 0.